The molecule has 0 amide bonds. The first-order valence-corrected chi connectivity index (χ1v) is 41.1. The lowest BCUT2D eigenvalue weighted by molar-refractivity contribution is -0.137. The van der Waals surface area contributed by atoms with Gasteiger partial charge < -0.3 is 51.6 Å². The van der Waals surface area contributed by atoms with Gasteiger partial charge in [-0.3, -0.25) is 0 Å². The van der Waals surface area contributed by atoms with Crippen LogP contribution in [0.25, 0.3) is 66.0 Å². The van der Waals surface area contributed by atoms with E-state index in [1.54, 1.807) is 36.3 Å². The minimum Gasteiger partial charge on any atom is -0.463 e. The molecule has 0 fully saturated rings. The summed E-state index contributed by atoms with van der Waals surface area (Å²) in [6.45, 7) is 6.37. The number of fused-ring (bicyclic) bond motifs is 4. The number of nitrogens with zero attached hydrogens (tertiary/aromatic N) is 11. The molecule has 16 rings (SSSR count). The lowest BCUT2D eigenvalue weighted by Crippen LogP contribution is -2.23. The second kappa shape index (κ2) is 32.3. The average molecular weight is 1640 g/mol. The Labute approximate surface area is 652 Å². The average Bonchev–Trinajstić information content (AvgIpc) is 1.61. The molecule has 0 atom stereocenters. The Balaban J connectivity index is 0.000000133. The zero-order valence-electron chi connectivity index (χ0n) is 62.7. The highest BCUT2D eigenvalue weighted by Crippen LogP contribution is 2.41. The molecule has 598 valence electrons. The number of aryl methyl sites for hydroxylation is 1. The number of esters is 3. The summed E-state index contributed by atoms with van der Waals surface area (Å²) in [5.41, 5.74) is 7.42. The Kier molecular flexibility index (Phi) is 22.9. The topological polar surface area (TPSA) is 318 Å². The molecule has 3 aromatic carbocycles. The summed E-state index contributed by atoms with van der Waals surface area (Å²) in [5, 5.41) is 1.16. The smallest absolute Gasteiger partial charge is 0.416 e. The lowest BCUT2D eigenvalue weighted by atomic mass is 9.98. The number of benzene rings is 3. The number of pyridine rings is 1. The predicted molar refractivity (Wildman–Crippen MR) is 415 cm³/mol. The number of rotatable bonds is 15. The van der Waals surface area contributed by atoms with Crippen LogP contribution in [0.5, 0.6) is 0 Å². The number of methoxy groups -OCH3 is 3. The molecule has 0 saturated carbocycles. The molecule has 114 heavy (non-hydrogen) atoms. The standard InChI is InChI=1S/C21H19F3N2O5S.C20H19FN2O5S.C19H19N3O5S.C18H20N4O2S/c1-25-9-7-13(8-10-25)16-12-26(17-4-3-14(11-15(16)17)21(22,23)24)32(28,29)19-6-5-18(31-19)20(27)30-2;1-22-9-7-13(8-10-22)16-12-23(17-4-3-14(21)11-15(16)17)29(25,26)19-6-5-18(28-19)20(24)27-2;1-21-10-7-13(8-11-21)15-12-22(18-14(15)4-3-9-20-18)28(24,25)17-6-5-16(27-17)19(23)26-2;1-20-9-7-14(8-10-20)16-11-22(17-6-4-3-5-15(16)17)25(23,24)18-12-21(2)13-19-18/h3-7,11-12H,8-10H2,1-2H3;3-7,11-12H,8-10H2,1-2H3;3-7,9,12H,8,10-11H2,1-2H3;3-7,11-13H,8-10H2,1-2H3. The first-order chi connectivity index (χ1) is 54.2. The highest BCUT2D eigenvalue weighted by atomic mass is 32.2. The van der Waals surface area contributed by atoms with Crippen LogP contribution in [0.2, 0.25) is 0 Å². The third-order valence-electron chi connectivity index (χ3n) is 19.7. The van der Waals surface area contributed by atoms with Crippen LogP contribution in [-0.4, -0.2) is 203 Å². The zero-order valence-corrected chi connectivity index (χ0v) is 66.0. The lowest BCUT2D eigenvalue weighted by Gasteiger charge is -2.21. The molecule has 28 nitrogen and oxygen atoms in total. The third-order valence-corrected chi connectivity index (χ3v) is 25.9. The van der Waals surface area contributed by atoms with E-state index < -0.39 is 85.7 Å². The van der Waals surface area contributed by atoms with Crippen molar-refractivity contribution in [1.82, 2.24) is 50.0 Å². The minimum atomic E-state index is -4.58. The first-order valence-electron chi connectivity index (χ1n) is 35.4. The van der Waals surface area contributed by atoms with Gasteiger partial charge in [0.1, 0.15) is 5.82 Å². The molecule has 9 aromatic heterocycles. The highest BCUT2D eigenvalue weighted by Gasteiger charge is 2.35. The number of carbonyl (C=O) groups excluding carboxylic acids is 3. The number of halogens is 4. The largest absolute Gasteiger partial charge is 0.463 e. The van der Waals surface area contributed by atoms with Gasteiger partial charge in [-0.2, -0.15) is 46.8 Å². The molecule has 36 heteroatoms. The number of para-hydroxylation sites is 1. The third kappa shape index (κ3) is 16.2. The molecule has 4 aliphatic heterocycles. The van der Waals surface area contributed by atoms with Gasteiger partial charge in [0.05, 0.1) is 49.8 Å². The maximum absolute atomic E-state index is 13.9. The number of hydrogen-bond acceptors (Lipinski definition) is 23. The molecule has 0 saturated heterocycles. The van der Waals surface area contributed by atoms with Gasteiger partial charge in [0.25, 0.3) is 10.0 Å². The van der Waals surface area contributed by atoms with Crippen LogP contribution < -0.4 is 0 Å². The van der Waals surface area contributed by atoms with Crippen molar-refractivity contribution in [3.05, 3.63) is 228 Å². The van der Waals surface area contributed by atoms with Gasteiger partial charge in [-0.05, 0) is 167 Å². The summed E-state index contributed by atoms with van der Waals surface area (Å²) in [6, 6.07) is 25.4. The Morgan fingerprint density at radius 3 is 1.21 bits per heavy atom. The summed E-state index contributed by atoms with van der Waals surface area (Å²) in [7, 11) is -2.99. The molecular weight excluding hydrogens is 1570 g/mol. The summed E-state index contributed by atoms with van der Waals surface area (Å²) in [6.07, 6.45) is 17.3. The van der Waals surface area contributed by atoms with Crippen LogP contribution >= 0.6 is 0 Å². The number of imidazole rings is 1. The van der Waals surface area contributed by atoms with E-state index in [1.807, 2.05) is 68.5 Å². The Bertz CT molecular complexity index is 6370. The Morgan fingerprint density at radius 1 is 0.421 bits per heavy atom. The molecule has 0 aliphatic carbocycles. The van der Waals surface area contributed by atoms with Crippen molar-refractivity contribution in [2.45, 2.75) is 52.2 Å². The van der Waals surface area contributed by atoms with Gasteiger partial charge in [0, 0.05) is 140 Å². The fourth-order valence-corrected chi connectivity index (χ4v) is 18.7. The number of hydrogen-bond donors (Lipinski definition) is 0. The van der Waals surface area contributed by atoms with E-state index in [0.29, 0.717) is 52.7 Å². The van der Waals surface area contributed by atoms with Gasteiger partial charge >= 0.3 is 54.2 Å². The fraction of sp³-hybridized carbons (Fsp3) is 0.269. The number of carbonyl (C=O) groups is 3. The van der Waals surface area contributed by atoms with Crippen LogP contribution in [-0.2, 0) is 67.5 Å². The monoisotopic (exact) mass is 1640 g/mol. The molecule has 13 heterocycles. The molecule has 0 spiro atoms. The van der Waals surface area contributed by atoms with Crippen molar-refractivity contribution in [2.75, 3.05) is 102 Å². The SMILES string of the molecule is CN1CC=C(c2cn(S(=O)(=O)c3cn(C)cn3)c3ccccc23)CC1.COC(=O)c1ccc(S(=O)(=O)n2cc(C3=CCN(C)CC3)c3cc(C(F)(F)F)ccc32)o1.COC(=O)c1ccc(S(=O)(=O)n2cc(C3=CCN(C)CC3)c3cc(F)ccc32)o1.COC(=O)c1ccc(S(=O)(=O)n2cc(C3=CCN(C)CC3)c3cccnc32)o1. The van der Waals surface area contributed by atoms with Gasteiger partial charge in [-0.25, -0.2) is 44.6 Å². The van der Waals surface area contributed by atoms with Crippen LogP contribution in [0.1, 0.15) is 85.2 Å². The van der Waals surface area contributed by atoms with Gasteiger partial charge in [0.2, 0.25) is 32.6 Å². The molecule has 0 N–H and O–H groups in total. The molecule has 0 radical (unpaired) electrons. The summed E-state index contributed by atoms with van der Waals surface area (Å²) in [4.78, 5) is 51.8. The first kappa shape index (κ1) is 80.8. The van der Waals surface area contributed by atoms with Crippen molar-refractivity contribution >= 4 is 124 Å². The van der Waals surface area contributed by atoms with E-state index in [0.717, 1.165) is 147 Å². The maximum Gasteiger partial charge on any atom is 0.416 e. The van der Waals surface area contributed by atoms with Crippen molar-refractivity contribution in [1.29, 1.82) is 0 Å². The van der Waals surface area contributed by atoms with Crippen molar-refractivity contribution in [2.24, 2.45) is 7.05 Å². The van der Waals surface area contributed by atoms with Crippen molar-refractivity contribution < 1.29 is 93.1 Å². The number of likely N-dealkylation sites (N-methyl/N-ethyl adjacent to an activating group) is 4. The summed E-state index contributed by atoms with van der Waals surface area (Å²) >= 11 is 0. The van der Waals surface area contributed by atoms with Crippen LogP contribution in [0.4, 0.5) is 17.6 Å². The zero-order chi connectivity index (χ0) is 81.5. The second-order valence-corrected chi connectivity index (χ2v) is 34.3. The quantitative estimate of drug-likeness (QED) is 0.0523. The van der Waals surface area contributed by atoms with E-state index >= 15 is 0 Å². The number of ether oxygens (including phenoxy) is 3. The number of alkyl halides is 3. The molecule has 12 aromatic rings. The number of aromatic nitrogens is 7. The van der Waals surface area contributed by atoms with Crippen molar-refractivity contribution in [3.8, 4) is 0 Å². The van der Waals surface area contributed by atoms with Gasteiger partial charge in [0.15, 0.2) is 10.7 Å². The van der Waals surface area contributed by atoms with E-state index in [1.165, 1.54) is 91.1 Å². The van der Waals surface area contributed by atoms with Gasteiger partial charge in [-0.1, -0.05) is 42.5 Å². The van der Waals surface area contributed by atoms with E-state index in [4.69, 9.17) is 13.3 Å². The summed E-state index contributed by atoms with van der Waals surface area (Å²) in [5.74, 6) is -3.52. The maximum atomic E-state index is 13.9. The Morgan fingerprint density at radius 2 is 0.798 bits per heavy atom. The van der Waals surface area contributed by atoms with E-state index in [-0.39, 0.29) is 38.3 Å². The molecule has 4 aliphatic rings. The van der Waals surface area contributed by atoms with Crippen LogP contribution in [0.3, 0.4) is 0 Å². The van der Waals surface area contributed by atoms with E-state index in [9.17, 15) is 65.6 Å². The highest BCUT2D eigenvalue weighted by molar-refractivity contribution is 7.90. The van der Waals surface area contributed by atoms with Crippen LogP contribution in [0.15, 0.2) is 211 Å². The predicted octanol–water partition coefficient (Wildman–Crippen LogP) is 11.8. The molecular formula is C78H77F4N11O17S4. The van der Waals surface area contributed by atoms with E-state index in [2.05, 4.69) is 58.1 Å². The minimum absolute atomic E-state index is 0.0552. The second-order valence-electron chi connectivity index (χ2n) is 27.3. The van der Waals surface area contributed by atoms with Crippen LogP contribution in [0, 0.1) is 5.82 Å². The Hall–Kier alpha value is -11.3. The van der Waals surface area contributed by atoms with Crippen molar-refractivity contribution in [3.63, 3.8) is 0 Å². The van der Waals surface area contributed by atoms with Gasteiger partial charge in [-0.15, -0.1) is 0 Å². The fourth-order valence-electron chi connectivity index (χ4n) is 13.5. The number of furan rings is 3. The normalized spacial score (nSPS) is 15.8. The summed E-state index contributed by atoms with van der Waals surface area (Å²) < 4.78 is 195. The molecule has 0 unspecified atom stereocenters. The molecule has 0 bridgehead atoms.